The van der Waals surface area contributed by atoms with Crippen molar-refractivity contribution in [3.63, 3.8) is 0 Å². The average molecular weight is 207 g/mol. The summed E-state index contributed by atoms with van der Waals surface area (Å²) in [5.74, 6) is -0.228. The maximum Gasteiger partial charge on any atom is 0.325 e. The highest BCUT2D eigenvalue weighted by molar-refractivity contribution is 5.75. The van der Waals surface area contributed by atoms with E-state index in [4.69, 9.17) is 4.74 Å². The fourth-order valence-electron chi connectivity index (χ4n) is 1.24. The number of carbonyl (C=O) groups excluding carboxylic acids is 1. The Bertz CT molecular complexity index is 334. The van der Waals surface area contributed by atoms with Gasteiger partial charge in [0.1, 0.15) is 6.54 Å². The third-order valence-corrected chi connectivity index (χ3v) is 1.94. The molecule has 0 amide bonds. The van der Waals surface area contributed by atoms with Gasteiger partial charge in [-0.1, -0.05) is 18.2 Å². The summed E-state index contributed by atoms with van der Waals surface area (Å²) in [6, 6.07) is 7.84. The van der Waals surface area contributed by atoms with Crippen LogP contribution in [0.25, 0.3) is 0 Å². The molecule has 1 aromatic carbocycles. The molecule has 0 radical (unpaired) electrons. The summed E-state index contributed by atoms with van der Waals surface area (Å²) in [4.78, 5) is 11.3. The molecule has 0 unspecified atom stereocenters. The third-order valence-electron chi connectivity index (χ3n) is 1.94. The first-order valence-electron chi connectivity index (χ1n) is 5.08. The van der Waals surface area contributed by atoms with Gasteiger partial charge in [0.05, 0.1) is 6.10 Å². The summed E-state index contributed by atoms with van der Waals surface area (Å²) in [5.41, 5.74) is 2.09. The van der Waals surface area contributed by atoms with Crippen molar-refractivity contribution in [2.75, 3.05) is 11.9 Å². The summed E-state index contributed by atoms with van der Waals surface area (Å²) in [6.45, 7) is 5.89. The smallest absolute Gasteiger partial charge is 0.325 e. The Balaban J connectivity index is 2.44. The predicted molar refractivity (Wildman–Crippen MR) is 60.9 cm³/mol. The number of benzene rings is 1. The van der Waals surface area contributed by atoms with Gasteiger partial charge in [-0.05, 0) is 32.4 Å². The Morgan fingerprint density at radius 1 is 1.40 bits per heavy atom. The van der Waals surface area contributed by atoms with Gasteiger partial charge in [-0.25, -0.2) is 0 Å². The number of rotatable bonds is 4. The van der Waals surface area contributed by atoms with Crippen molar-refractivity contribution in [2.45, 2.75) is 26.9 Å². The van der Waals surface area contributed by atoms with E-state index in [0.717, 1.165) is 11.3 Å². The summed E-state index contributed by atoms with van der Waals surface area (Å²) >= 11 is 0. The minimum Gasteiger partial charge on any atom is -0.462 e. The van der Waals surface area contributed by atoms with E-state index in [0.29, 0.717) is 0 Å². The first kappa shape index (κ1) is 11.6. The summed E-state index contributed by atoms with van der Waals surface area (Å²) < 4.78 is 5.01. The van der Waals surface area contributed by atoms with Gasteiger partial charge < -0.3 is 10.1 Å². The van der Waals surface area contributed by atoms with Gasteiger partial charge in [0.2, 0.25) is 0 Å². The van der Waals surface area contributed by atoms with Gasteiger partial charge in [0.25, 0.3) is 0 Å². The van der Waals surface area contributed by atoms with Crippen molar-refractivity contribution in [2.24, 2.45) is 0 Å². The zero-order valence-electron chi connectivity index (χ0n) is 9.41. The number of nitrogens with one attached hydrogen (secondary N) is 1. The summed E-state index contributed by atoms with van der Waals surface area (Å²) in [5, 5.41) is 3.04. The van der Waals surface area contributed by atoms with Crippen LogP contribution in [0, 0.1) is 6.92 Å². The maximum absolute atomic E-state index is 11.3. The molecule has 0 atom stereocenters. The van der Waals surface area contributed by atoms with Crippen molar-refractivity contribution in [3.05, 3.63) is 29.8 Å². The Labute approximate surface area is 90.4 Å². The van der Waals surface area contributed by atoms with E-state index >= 15 is 0 Å². The molecule has 1 N–H and O–H groups in total. The molecule has 3 heteroatoms. The number of hydrogen-bond donors (Lipinski definition) is 1. The van der Waals surface area contributed by atoms with Gasteiger partial charge in [-0.3, -0.25) is 4.79 Å². The second-order valence-electron chi connectivity index (χ2n) is 3.71. The second kappa shape index (κ2) is 5.39. The second-order valence-corrected chi connectivity index (χ2v) is 3.71. The molecule has 0 aromatic heterocycles. The Morgan fingerprint density at radius 2 is 2.07 bits per heavy atom. The summed E-state index contributed by atoms with van der Waals surface area (Å²) in [7, 11) is 0. The van der Waals surface area contributed by atoms with Crippen molar-refractivity contribution >= 4 is 11.7 Å². The van der Waals surface area contributed by atoms with Crippen LogP contribution in [0.3, 0.4) is 0 Å². The van der Waals surface area contributed by atoms with Gasteiger partial charge in [0.15, 0.2) is 0 Å². The Hall–Kier alpha value is -1.51. The lowest BCUT2D eigenvalue weighted by Crippen LogP contribution is -2.20. The average Bonchev–Trinajstić information content (AvgIpc) is 2.15. The van der Waals surface area contributed by atoms with Crippen LogP contribution in [0.4, 0.5) is 5.69 Å². The van der Waals surface area contributed by atoms with Crippen LogP contribution in [0.2, 0.25) is 0 Å². The first-order valence-corrected chi connectivity index (χ1v) is 5.08. The van der Waals surface area contributed by atoms with Gasteiger partial charge in [-0.15, -0.1) is 0 Å². The minimum absolute atomic E-state index is 0.0591. The van der Waals surface area contributed by atoms with Crippen LogP contribution in [0.5, 0.6) is 0 Å². The molecule has 0 saturated carbocycles. The van der Waals surface area contributed by atoms with Crippen molar-refractivity contribution in [1.29, 1.82) is 0 Å². The SMILES string of the molecule is Cc1ccccc1NCC(=O)OC(C)C. The van der Waals surface area contributed by atoms with Crippen LogP contribution < -0.4 is 5.32 Å². The molecular formula is C12H17NO2. The van der Waals surface area contributed by atoms with Crippen molar-refractivity contribution < 1.29 is 9.53 Å². The van der Waals surface area contributed by atoms with Gasteiger partial charge in [-0.2, -0.15) is 0 Å². The highest BCUT2D eigenvalue weighted by atomic mass is 16.5. The van der Waals surface area contributed by atoms with Gasteiger partial charge in [0, 0.05) is 5.69 Å². The van der Waals surface area contributed by atoms with E-state index < -0.39 is 0 Å². The summed E-state index contributed by atoms with van der Waals surface area (Å²) in [6.07, 6.45) is -0.0591. The number of esters is 1. The lowest BCUT2D eigenvalue weighted by atomic mass is 10.2. The Kier molecular flexibility index (Phi) is 4.16. The zero-order valence-corrected chi connectivity index (χ0v) is 9.41. The number of carbonyl (C=O) groups is 1. The molecule has 0 saturated heterocycles. The first-order chi connectivity index (χ1) is 7.09. The number of aryl methyl sites for hydroxylation is 1. The van der Waals surface area contributed by atoms with Crippen LogP contribution in [-0.2, 0) is 9.53 Å². The molecule has 0 spiro atoms. The number of ether oxygens (including phenoxy) is 1. The van der Waals surface area contributed by atoms with E-state index in [1.54, 1.807) is 0 Å². The monoisotopic (exact) mass is 207 g/mol. The molecule has 3 nitrogen and oxygen atoms in total. The lowest BCUT2D eigenvalue weighted by molar-refractivity contribution is -0.145. The zero-order chi connectivity index (χ0) is 11.3. The number of hydrogen-bond acceptors (Lipinski definition) is 3. The molecule has 1 rings (SSSR count). The lowest BCUT2D eigenvalue weighted by Gasteiger charge is -2.10. The van der Waals surface area contributed by atoms with Crippen LogP contribution in [0.15, 0.2) is 24.3 Å². The topological polar surface area (TPSA) is 38.3 Å². The molecule has 0 aliphatic rings. The molecule has 0 heterocycles. The number of para-hydroxylation sites is 1. The molecule has 0 fully saturated rings. The van der Waals surface area contributed by atoms with Crippen molar-refractivity contribution in [1.82, 2.24) is 0 Å². The van der Waals surface area contributed by atoms with Crippen LogP contribution in [0.1, 0.15) is 19.4 Å². The normalized spacial score (nSPS) is 10.1. The molecular weight excluding hydrogens is 190 g/mol. The fraction of sp³-hybridized carbons (Fsp3) is 0.417. The molecule has 15 heavy (non-hydrogen) atoms. The van der Waals surface area contributed by atoms with Crippen molar-refractivity contribution in [3.8, 4) is 0 Å². The predicted octanol–water partition coefficient (Wildman–Crippen LogP) is 2.36. The molecule has 0 aliphatic carbocycles. The van der Waals surface area contributed by atoms with Crippen LogP contribution >= 0.6 is 0 Å². The standard InChI is InChI=1S/C12H17NO2/c1-9(2)15-12(14)8-13-11-7-5-4-6-10(11)3/h4-7,9,13H,8H2,1-3H3. The highest BCUT2D eigenvalue weighted by Crippen LogP contribution is 2.12. The Morgan fingerprint density at radius 3 is 2.67 bits per heavy atom. The van der Waals surface area contributed by atoms with Crippen LogP contribution in [-0.4, -0.2) is 18.6 Å². The van der Waals surface area contributed by atoms with E-state index in [1.807, 2.05) is 45.0 Å². The largest absolute Gasteiger partial charge is 0.462 e. The molecule has 82 valence electrons. The van der Waals surface area contributed by atoms with E-state index in [2.05, 4.69) is 5.32 Å². The van der Waals surface area contributed by atoms with E-state index in [-0.39, 0.29) is 18.6 Å². The quantitative estimate of drug-likeness (QED) is 0.770. The molecule has 0 bridgehead atoms. The molecule has 0 aliphatic heterocycles. The number of anilines is 1. The maximum atomic E-state index is 11.3. The minimum atomic E-state index is -0.228. The van der Waals surface area contributed by atoms with E-state index in [9.17, 15) is 4.79 Å². The van der Waals surface area contributed by atoms with Gasteiger partial charge >= 0.3 is 5.97 Å². The van der Waals surface area contributed by atoms with E-state index in [1.165, 1.54) is 0 Å². The highest BCUT2D eigenvalue weighted by Gasteiger charge is 2.05. The third kappa shape index (κ3) is 4.02. The molecule has 1 aromatic rings. The fourth-order valence-corrected chi connectivity index (χ4v) is 1.24.